The minimum atomic E-state index is -0.590. The van der Waals surface area contributed by atoms with Crippen LogP contribution in [0.15, 0.2) is 35.0 Å². The highest BCUT2D eigenvalue weighted by atomic mass is 35.5. The normalized spacial score (nSPS) is 15.3. The monoisotopic (exact) mass is 382 g/mol. The zero-order valence-corrected chi connectivity index (χ0v) is 15.1. The molecule has 1 aromatic rings. The first-order valence-electron chi connectivity index (χ1n) is 7.09. The smallest absolute Gasteiger partial charge is 0.325 e. The van der Waals surface area contributed by atoms with Crippen LogP contribution in [0.4, 0.5) is 0 Å². The second kappa shape index (κ2) is 8.68. The van der Waals surface area contributed by atoms with Crippen LogP contribution < -0.4 is 0 Å². The number of hydrogen-bond acceptors (Lipinski definition) is 7. The Bertz CT molecular complexity index is 745. The summed E-state index contributed by atoms with van der Waals surface area (Å²) in [5.74, 6) is -1.54. The summed E-state index contributed by atoms with van der Waals surface area (Å²) in [7, 11) is 2.49. The topological polar surface area (TPSA) is 85.3 Å². The van der Waals surface area contributed by atoms with E-state index in [0.29, 0.717) is 5.02 Å². The molecule has 0 atom stereocenters. The fourth-order valence-corrected chi connectivity index (χ4v) is 2.83. The molecule has 0 spiro atoms. The average molecular weight is 383 g/mol. The van der Waals surface area contributed by atoms with Gasteiger partial charge in [-0.25, -0.2) is 4.99 Å². The Balaban J connectivity index is 2.26. The van der Waals surface area contributed by atoms with E-state index in [1.54, 1.807) is 30.3 Å². The van der Waals surface area contributed by atoms with Crippen LogP contribution in [0.3, 0.4) is 0 Å². The van der Waals surface area contributed by atoms with Crippen molar-refractivity contribution < 1.29 is 23.9 Å². The highest BCUT2D eigenvalue weighted by molar-refractivity contribution is 8.14. The van der Waals surface area contributed by atoms with Crippen molar-refractivity contribution in [1.29, 1.82) is 0 Å². The number of carbonyl (C=O) groups is 3. The molecular weight excluding hydrogens is 368 g/mol. The summed E-state index contributed by atoms with van der Waals surface area (Å²) in [6.45, 7) is -0.291. The molecule has 0 saturated heterocycles. The van der Waals surface area contributed by atoms with E-state index in [0.717, 1.165) is 17.3 Å². The van der Waals surface area contributed by atoms with Gasteiger partial charge in [0.25, 0.3) is 5.91 Å². The Morgan fingerprint density at radius 3 is 2.44 bits per heavy atom. The molecule has 1 heterocycles. The molecule has 1 aliphatic heterocycles. The number of esters is 2. The lowest BCUT2D eigenvalue weighted by atomic mass is 10.2. The van der Waals surface area contributed by atoms with Gasteiger partial charge >= 0.3 is 11.9 Å². The third-order valence-corrected chi connectivity index (χ3v) is 4.35. The molecule has 1 amide bonds. The quantitative estimate of drug-likeness (QED) is 0.571. The zero-order valence-electron chi connectivity index (χ0n) is 13.5. The van der Waals surface area contributed by atoms with Crippen molar-refractivity contribution in [1.82, 2.24) is 4.90 Å². The predicted molar refractivity (Wildman–Crippen MR) is 95.1 cm³/mol. The van der Waals surface area contributed by atoms with Crippen LogP contribution >= 0.6 is 23.4 Å². The molecule has 9 heteroatoms. The highest BCUT2D eigenvalue weighted by Gasteiger charge is 2.32. The van der Waals surface area contributed by atoms with Gasteiger partial charge in [-0.1, -0.05) is 35.5 Å². The van der Waals surface area contributed by atoms with Crippen LogP contribution in [0, 0.1) is 0 Å². The Hall–Kier alpha value is -2.32. The SMILES string of the molecule is COC(=O)CSC1=N/C(=C\c2ccc(Cl)cc2)C(=O)N1CC(=O)OC. The summed E-state index contributed by atoms with van der Waals surface area (Å²) in [4.78, 5) is 40.8. The van der Waals surface area contributed by atoms with Crippen molar-refractivity contribution in [2.75, 3.05) is 26.5 Å². The number of rotatable bonds is 5. The van der Waals surface area contributed by atoms with Gasteiger partial charge in [-0.3, -0.25) is 19.3 Å². The van der Waals surface area contributed by atoms with Gasteiger partial charge < -0.3 is 9.47 Å². The second-order valence-electron chi connectivity index (χ2n) is 4.81. The van der Waals surface area contributed by atoms with Crippen molar-refractivity contribution in [3.05, 3.63) is 40.5 Å². The number of amides is 1. The third-order valence-electron chi connectivity index (χ3n) is 3.15. The lowest BCUT2D eigenvalue weighted by Crippen LogP contribution is -2.36. The Morgan fingerprint density at radius 2 is 1.84 bits per heavy atom. The summed E-state index contributed by atoms with van der Waals surface area (Å²) >= 11 is 6.85. The Labute approximate surface area is 153 Å². The Kier molecular flexibility index (Phi) is 6.60. The molecule has 0 bridgehead atoms. The molecule has 0 aliphatic carbocycles. The molecule has 0 N–H and O–H groups in total. The number of halogens is 1. The first-order chi connectivity index (χ1) is 11.9. The molecule has 1 aliphatic rings. The minimum Gasteiger partial charge on any atom is -0.468 e. The van der Waals surface area contributed by atoms with E-state index in [4.69, 9.17) is 11.6 Å². The maximum absolute atomic E-state index is 12.5. The number of methoxy groups -OCH3 is 2. The van der Waals surface area contributed by atoms with E-state index in [1.807, 2.05) is 0 Å². The number of thioether (sulfide) groups is 1. The van der Waals surface area contributed by atoms with E-state index in [1.165, 1.54) is 19.1 Å². The van der Waals surface area contributed by atoms with Gasteiger partial charge in [-0.2, -0.15) is 0 Å². The number of amidine groups is 1. The van der Waals surface area contributed by atoms with Crippen molar-refractivity contribution in [3.63, 3.8) is 0 Å². The van der Waals surface area contributed by atoms with Gasteiger partial charge in [-0.05, 0) is 23.8 Å². The lowest BCUT2D eigenvalue weighted by molar-refractivity contribution is -0.143. The first kappa shape index (κ1) is 19.0. The van der Waals surface area contributed by atoms with Crippen molar-refractivity contribution >= 4 is 52.5 Å². The van der Waals surface area contributed by atoms with Gasteiger partial charge in [0.05, 0.1) is 20.0 Å². The Morgan fingerprint density at radius 1 is 1.20 bits per heavy atom. The van der Waals surface area contributed by atoms with Crippen LogP contribution in [0.5, 0.6) is 0 Å². The number of carbonyl (C=O) groups excluding carboxylic acids is 3. The number of hydrogen-bond donors (Lipinski definition) is 0. The van der Waals surface area contributed by atoms with Gasteiger partial charge in [0.2, 0.25) is 0 Å². The fraction of sp³-hybridized carbons (Fsp3) is 0.250. The summed E-state index contributed by atoms with van der Waals surface area (Å²) in [6.07, 6.45) is 1.58. The van der Waals surface area contributed by atoms with Crippen molar-refractivity contribution in [2.24, 2.45) is 4.99 Å². The van der Waals surface area contributed by atoms with Crippen molar-refractivity contribution in [3.8, 4) is 0 Å². The van der Waals surface area contributed by atoms with Gasteiger partial charge in [0.15, 0.2) is 5.17 Å². The van der Waals surface area contributed by atoms with Gasteiger partial charge in [-0.15, -0.1) is 0 Å². The highest BCUT2D eigenvalue weighted by Crippen LogP contribution is 2.24. The van der Waals surface area contributed by atoms with Gasteiger partial charge in [0, 0.05) is 5.02 Å². The van der Waals surface area contributed by atoms with E-state index in [-0.39, 0.29) is 23.2 Å². The van der Waals surface area contributed by atoms with E-state index >= 15 is 0 Å². The molecule has 0 radical (unpaired) electrons. The van der Waals surface area contributed by atoms with Crippen LogP contribution in [0.1, 0.15) is 5.56 Å². The number of aliphatic imine (C=N–C) groups is 1. The molecule has 132 valence electrons. The molecular formula is C16H15ClN2O5S. The second-order valence-corrected chi connectivity index (χ2v) is 6.19. The lowest BCUT2D eigenvalue weighted by Gasteiger charge is -2.15. The largest absolute Gasteiger partial charge is 0.468 e. The van der Waals surface area contributed by atoms with E-state index in [2.05, 4.69) is 14.5 Å². The number of nitrogens with zero attached hydrogens (tertiary/aromatic N) is 2. The van der Waals surface area contributed by atoms with Crippen LogP contribution in [-0.2, 0) is 23.9 Å². The molecule has 0 saturated carbocycles. The van der Waals surface area contributed by atoms with Crippen LogP contribution in [0.25, 0.3) is 6.08 Å². The number of benzene rings is 1. The molecule has 0 aromatic heterocycles. The van der Waals surface area contributed by atoms with Gasteiger partial charge in [0.1, 0.15) is 12.2 Å². The summed E-state index contributed by atoms with van der Waals surface area (Å²) in [5.41, 5.74) is 0.882. The zero-order chi connectivity index (χ0) is 18.4. The molecule has 2 rings (SSSR count). The molecule has 0 fully saturated rings. The predicted octanol–water partition coefficient (Wildman–Crippen LogP) is 1.96. The van der Waals surface area contributed by atoms with Crippen LogP contribution in [0.2, 0.25) is 5.02 Å². The van der Waals surface area contributed by atoms with Crippen LogP contribution in [-0.4, -0.2) is 54.4 Å². The first-order valence-corrected chi connectivity index (χ1v) is 8.45. The standard InChI is InChI=1S/C16H15ClN2O5S/c1-23-13(20)8-19-15(22)12(7-10-3-5-11(17)6-4-10)18-16(19)25-9-14(21)24-2/h3-7H,8-9H2,1-2H3/b12-7-. The molecule has 0 unspecified atom stereocenters. The fourth-order valence-electron chi connectivity index (χ4n) is 1.87. The molecule has 1 aromatic carbocycles. The number of ether oxygens (including phenoxy) is 2. The maximum atomic E-state index is 12.5. The minimum absolute atomic E-state index is 0.0332. The average Bonchev–Trinajstić information content (AvgIpc) is 2.90. The maximum Gasteiger partial charge on any atom is 0.325 e. The van der Waals surface area contributed by atoms with Crippen molar-refractivity contribution in [2.45, 2.75) is 0 Å². The third kappa shape index (κ3) is 5.07. The summed E-state index contributed by atoms with van der Waals surface area (Å²) in [6, 6.07) is 6.86. The summed E-state index contributed by atoms with van der Waals surface area (Å²) < 4.78 is 9.17. The molecule has 25 heavy (non-hydrogen) atoms. The molecule has 7 nitrogen and oxygen atoms in total. The van der Waals surface area contributed by atoms with E-state index < -0.39 is 17.8 Å². The summed E-state index contributed by atoms with van der Waals surface area (Å²) in [5, 5.41) is 0.811. The van der Waals surface area contributed by atoms with E-state index in [9.17, 15) is 14.4 Å².